The topological polar surface area (TPSA) is 63.2 Å². The number of nitrogens with one attached hydrogen (secondary N) is 2. The zero-order chi connectivity index (χ0) is 15.1. The fourth-order valence-corrected chi connectivity index (χ4v) is 2.05. The van der Waals surface area contributed by atoms with Gasteiger partial charge >= 0.3 is 0 Å². The van der Waals surface area contributed by atoms with E-state index in [1.54, 1.807) is 6.20 Å². The van der Waals surface area contributed by atoms with Gasteiger partial charge in [0.05, 0.1) is 11.9 Å². The number of carbonyl (C=O) groups excluding carboxylic acids is 1. The molecule has 0 aliphatic heterocycles. The summed E-state index contributed by atoms with van der Waals surface area (Å²) in [4.78, 5) is 16.1. The van der Waals surface area contributed by atoms with Gasteiger partial charge in [0, 0.05) is 18.6 Å². The van der Waals surface area contributed by atoms with Crippen LogP contribution in [-0.2, 0) is 11.3 Å². The number of aromatic nitrogens is 1. The van der Waals surface area contributed by atoms with Gasteiger partial charge in [-0.3, -0.25) is 9.78 Å². The summed E-state index contributed by atoms with van der Waals surface area (Å²) in [5.74, 6) is 0.549. The third kappa shape index (κ3) is 5.71. The molecule has 2 rings (SSSR count). The highest BCUT2D eigenvalue weighted by Gasteiger charge is 2.20. The van der Waals surface area contributed by atoms with Crippen molar-refractivity contribution in [1.82, 2.24) is 15.6 Å². The Kier molecular flexibility index (Phi) is 5.99. The van der Waals surface area contributed by atoms with Crippen molar-refractivity contribution in [3.8, 4) is 5.75 Å². The second-order valence-corrected chi connectivity index (χ2v) is 5.51. The number of ether oxygens (including phenoxy) is 1. The van der Waals surface area contributed by atoms with Gasteiger partial charge in [-0.05, 0) is 37.8 Å². The zero-order valence-corrected chi connectivity index (χ0v) is 12.9. The van der Waals surface area contributed by atoms with Crippen LogP contribution in [0, 0.1) is 0 Å². The molecule has 116 valence electrons. The first-order valence-electron chi connectivity index (χ1n) is 7.81. The Morgan fingerprint density at radius 2 is 2.14 bits per heavy atom. The molecule has 5 nitrogen and oxygen atoms in total. The van der Waals surface area contributed by atoms with Crippen LogP contribution in [0.25, 0.3) is 0 Å². The summed E-state index contributed by atoms with van der Waals surface area (Å²) in [5, 5.41) is 6.35. The van der Waals surface area contributed by atoms with E-state index < -0.39 is 0 Å². The smallest absolute Gasteiger partial charge is 0.258 e. The zero-order valence-electron chi connectivity index (χ0n) is 12.9. The van der Waals surface area contributed by atoms with Crippen LogP contribution >= 0.6 is 0 Å². The fourth-order valence-electron chi connectivity index (χ4n) is 2.05. The van der Waals surface area contributed by atoms with Crippen LogP contribution in [0.5, 0.6) is 5.75 Å². The molecule has 1 aliphatic carbocycles. The van der Waals surface area contributed by atoms with Gasteiger partial charge in [0.2, 0.25) is 0 Å². The van der Waals surface area contributed by atoms with E-state index in [0.29, 0.717) is 11.8 Å². The van der Waals surface area contributed by atoms with E-state index in [0.717, 1.165) is 25.1 Å². The monoisotopic (exact) mass is 291 g/mol. The molecular weight excluding hydrogens is 266 g/mol. The molecule has 1 amide bonds. The lowest BCUT2D eigenvalue weighted by atomic mass is 10.2. The second-order valence-electron chi connectivity index (χ2n) is 5.51. The Bertz CT molecular complexity index is 439. The molecule has 0 unspecified atom stereocenters. The van der Waals surface area contributed by atoms with E-state index in [-0.39, 0.29) is 18.6 Å². The van der Waals surface area contributed by atoms with Gasteiger partial charge < -0.3 is 15.4 Å². The summed E-state index contributed by atoms with van der Waals surface area (Å²) in [7, 11) is 0. The summed E-state index contributed by atoms with van der Waals surface area (Å²) in [6.45, 7) is 4.96. The van der Waals surface area contributed by atoms with Crippen molar-refractivity contribution < 1.29 is 9.53 Å². The van der Waals surface area contributed by atoms with Crippen molar-refractivity contribution in [2.75, 3.05) is 6.61 Å². The Morgan fingerprint density at radius 3 is 2.71 bits per heavy atom. The van der Waals surface area contributed by atoms with E-state index in [1.165, 1.54) is 12.8 Å². The number of carbonyl (C=O) groups is 1. The highest BCUT2D eigenvalue weighted by atomic mass is 16.5. The Morgan fingerprint density at radius 1 is 1.38 bits per heavy atom. The van der Waals surface area contributed by atoms with Gasteiger partial charge in [0.15, 0.2) is 6.61 Å². The number of nitrogens with zero attached hydrogens (tertiary/aromatic N) is 1. The number of rotatable bonds is 9. The van der Waals surface area contributed by atoms with Gasteiger partial charge in [-0.15, -0.1) is 0 Å². The first-order chi connectivity index (χ1) is 10.2. The molecule has 0 bridgehead atoms. The first kappa shape index (κ1) is 15.8. The normalized spacial score (nSPS) is 14.2. The predicted octanol–water partition coefficient (Wildman–Crippen LogP) is 2.02. The molecule has 1 aromatic heterocycles. The summed E-state index contributed by atoms with van der Waals surface area (Å²) in [6, 6.07) is 4.71. The van der Waals surface area contributed by atoms with E-state index in [4.69, 9.17) is 4.74 Å². The molecule has 1 saturated carbocycles. The molecule has 0 saturated heterocycles. The highest BCUT2D eigenvalue weighted by molar-refractivity contribution is 5.77. The molecule has 0 atom stereocenters. The third-order valence-corrected chi connectivity index (χ3v) is 3.67. The first-order valence-corrected chi connectivity index (χ1v) is 7.81. The SMILES string of the molecule is CCC(CC)NC(=O)COc1ccc(CNC2CC2)nc1. The van der Waals surface area contributed by atoms with Crippen LogP contribution in [0.3, 0.4) is 0 Å². The lowest BCUT2D eigenvalue weighted by Gasteiger charge is -2.14. The van der Waals surface area contributed by atoms with Crippen LogP contribution in [0.15, 0.2) is 18.3 Å². The summed E-state index contributed by atoms with van der Waals surface area (Å²) in [6.07, 6.45) is 6.09. The summed E-state index contributed by atoms with van der Waals surface area (Å²) >= 11 is 0. The lowest BCUT2D eigenvalue weighted by Crippen LogP contribution is -2.37. The number of hydrogen-bond acceptors (Lipinski definition) is 4. The maximum Gasteiger partial charge on any atom is 0.258 e. The van der Waals surface area contributed by atoms with Crippen molar-refractivity contribution >= 4 is 5.91 Å². The fraction of sp³-hybridized carbons (Fsp3) is 0.625. The van der Waals surface area contributed by atoms with E-state index in [9.17, 15) is 4.79 Å². The Balaban J connectivity index is 1.70. The van der Waals surface area contributed by atoms with Gasteiger partial charge in [-0.25, -0.2) is 0 Å². The van der Waals surface area contributed by atoms with Crippen LogP contribution in [0.4, 0.5) is 0 Å². The average molecular weight is 291 g/mol. The highest BCUT2D eigenvalue weighted by Crippen LogP contribution is 2.19. The molecule has 1 aliphatic rings. The third-order valence-electron chi connectivity index (χ3n) is 3.67. The van der Waals surface area contributed by atoms with Crippen LogP contribution < -0.4 is 15.4 Å². The minimum absolute atomic E-state index is 0.0395. The lowest BCUT2D eigenvalue weighted by molar-refractivity contribution is -0.123. The Labute approximate surface area is 126 Å². The van der Waals surface area contributed by atoms with Crippen molar-refractivity contribution in [2.45, 2.75) is 58.2 Å². The predicted molar refractivity (Wildman–Crippen MR) is 82.1 cm³/mol. The maximum atomic E-state index is 11.7. The van der Waals surface area contributed by atoms with Gasteiger partial charge in [-0.1, -0.05) is 13.8 Å². The molecule has 5 heteroatoms. The van der Waals surface area contributed by atoms with Crippen molar-refractivity contribution in [2.24, 2.45) is 0 Å². The van der Waals surface area contributed by atoms with Crippen molar-refractivity contribution in [3.63, 3.8) is 0 Å². The largest absolute Gasteiger partial charge is 0.482 e. The van der Waals surface area contributed by atoms with Crippen LogP contribution in [0.1, 0.15) is 45.2 Å². The molecule has 0 spiro atoms. The van der Waals surface area contributed by atoms with Crippen molar-refractivity contribution in [1.29, 1.82) is 0 Å². The molecule has 0 aromatic carbocycles. The van der Waals surface area contributed by atoms with E-state index in [1.807, 2.05) is 12.1 Å². The van der Waals surface area contributed by atoms with E-state index >= 15 is 0 Å². The second kappa shape index (κ2) is 7.98. The molecular formula is C16H25N3O2. The van der Waals surface area contributed by atoms with Gasteiger partial charge in [0.1, 0.15) is 5.75 Å². The van der Waals surface area contributed by atoms with Crippen LogP contribution in [-0.4, -0.2) is 29.6 Å². The summed E-state index contributed by atoms with van der Waals surface area (Å²) < 4.78 is 5.46. The van der Waals surface area contributed by atoms with Gasteiger partial charge in [0.25, 0.3) is 5.91 Å². The van der Waals surface area contributed by atoms with Gasteiger partial charge in [-0.2, -0.15) is 0 Å². The number of amides is 1. The minimum Gasteiger partial charge on any atom is -0.482 e. The number of pyridine rings is 1. The summed E-state index contributed by atoms with van der Waals surface area (Å²) in [5.41, 5.74) is 0.996. The molecule has 0 radical (unpaired) electrons. The molecule has 2 N–H and O–H groups in total. The molecule has 1 fully saturated rings. The average Bonchev–Trinajstić information content (AvgIpc) is 3.34. The standard InChI is InChI=1S/C16H25N3O2/c1-3-12(4-2)19-16(20)11-21-15-8-7-14(18-10-15)9-17-13-5-6-13/h7-8,10,12-13,17H,3-6,9,11H2,1-2H3,(H,19,20). The maximum absolute atomic E-state index is 11.7. The number of hydrogen-bond donors (Lipinski definition) is 2. The van der Waals surface area contributed by atoms with Crippen LogP contribution in [0.2, 0.25) is 0 Å². The molecule has 1 aromatic rings. The van der Waals surface area contributed by atoms with Crippen molar-refractivity contribution in [3.05, 3.63) is 24.0 Å². The quantitative estimate of drug-likeness (QED) is 0.730. The minimum atomic E-state index is -0.0804. The molecule has 21 heavy (non-hydrogen) atoms. The molecule has 1 heterocycles. The Hall–Kier alpha value is -1.62. The van der Waals surface area contributed by atoms with E-state index in [2.05, 4.69) is 29.5 Å².